The van der Waals surface area contributed by atoms with Crippen LogP contribution in [0.4, 0.5) is 0 Å². The molecular formula is C6H5ClN2S. The van der Waals surface area contributed by atoms with E-state index in [9.17, 15) is 0 Å². The second kappa shape index (κ2) is 2.40. The van der Waals surface area contributed by atoms with Crippen molar-refractivity contribution in [1.82, 2.24) is 0 Å². The molecule has 2 nitrogen and oxygen atoms in total. The maximum Gasteiger partial charge on any atom is 0.118 e. The van der Waals surface area contributed by atoms with Gasteiger partial charge in [-0.25, -0.2) is 4.99 Å². The van der Waals surface area contributed by atoms with Crippen LogP contribution in [0.2, 0.25) is 0 Å². The molecule has 0 fully saturated rings. The molecule has 2 aliphatic rings. The standard InChI is InChI=1S/C6H5ClN2S/c7-5-4-1-2-10-6(4)9-3-8-5/h1-4,6H. The van der Waals surface area contributed by atoms with Gasteiger partial charge in [-0.05, 0) is 5.41 Å². The molecule has 2 unspecified atom stereocenters. The minimum atomic E-state index is 0.233. The molecule has 4 heteroatoms. The zero-order valence-electron chi connectivity index (χ0n) is 5.07. The number of hydrogen-bond acceptors (Lipinski definition) is 3. The third-order valence-corrected chi connectivity index (χ3v) is 2.84. The van der Waals surface area contributed by atoms with Crippen LogP contribution in [0, 0.1) is 5.92 Å². The number of aliphatic imine (C=N–C) groups is 2. The lowest BCUT2D eigenvalue weighted by Gasteiger charge is -2.14. The second-order valence-corrected chi connectivity index (χ2v) is 3.51. The molecule has 0 saturated heterocycles. The highest BCUT2D eigenvalue weighted by molar-refractivity contribution is 8.03. The van der Waals surface area contributed by atoms with Crippen LogP contribution in [-0.2, 0) is 0 Å². The van der Waals surface area contributed by atoms with Gasteiger partial charge < -0.3 is 0 Å². The lowest BCUT2D eigenvalue weighted by atomic mass is 10.1. The Hall–Kier alpha value is -0.280. The third kappa shape index (κ3) is 0.896. The van der Waals surface area contributed by atoms with Crippen molar-refractivity contribution in [2.45, 2.75) is 5.37 Å². The summed E-state index contributed by atoms with van der Waals surface area (Å²) in [6.45, 7) is 0. The molecule has 2 heterocycles. The summed E-state index contributed by atoms with van der Waals surface area (Å²) < 4.78 is 0. The molecule has 0 bridgehead atoms. The molecule has 0 aromatic rings. The highest BCUT2D eigenvalue weighted by Gasteiger charge is 2.28. The van der Waals surface area contributed by atoms with Gasteiger partial charge in [0.05, 0.1) is 5.92 Å². The molecule has 0 amide bonds. The number of nitrogens with zero attached hydrogens (tertiary/aromatic N) is 2. The van der Waals surface area contributed by atoms with Gasteiger partial charge in [0.1, 0.15) is 16.9 Å². The Labute approximate surface area is 68.1 Å². The first-order valence-electron chi connectivity index (χ1n) is 2.95. The van der Waals surface area contributed by atoms with E-state index < -0.39 is 0 Å². The van der Waals surface area contributed by atoms with E-state index in [0.717, 1.165) is 0 Å². The maximum absolute atomic E-state index is 5.81. The smallest absolute Gasteiger partial charge is 0.118 e. The monoisotopic (exact) mass is 172 g/mol. The zero-order chi connectivity index (χ0) is 6.97. The molecule has 2 atom stereocenters. The van der Waals surface area contributed by atoms with Gasteiger partial charge in [0.15, 0.2) is 0 Å². The first-order valence-corrected chi connectivity index (χ1v) is 4.27. The Morgan fingerprint density at radius 2 is 2.50 bits per heavy atom. The van der Waals surface area contributed by atoms with E-state index in [1.807, 2.05) is 11.5 Å². The van der Waals surface area contributed by atoms with Crippen molar-refractivity contribution in [2.24, 2.45) is 15.9 Å². The molecule has 0 aromatic heterocycles. The Bertz CT molecular complexity index is 234. The summed E-state index contributed by atoms with van der Waals surface area (Å²) in [4.78, 5) is 8.04. The van der Waals surface area contributed by atoms with Crippen molar-refractivity contribution >= 4 is 34.9 Å². The van der Waals surface area contributed by atoms with E-state index in [4.69, 9.17) is 11.6 Å². The zero-order valence-corrected chi connectivity index (χ0v) is 6.64. The lowest BCUT2D eigenvalue weighted by Crippen LogP contribution is -2.19. The van der Waals surface area contributed by atoms with E-state index in [2.05, 4.69) is 9.98 Å². The average molecular weight is 173 g/mol. The molecule has 0 spiro atoms. The van der Waals surface area contributed by atoms with Crippen molar-refractivity contribution in [1.29, 1.82) is 0 Å². The fourth-order valence-corrected chi connectivity index (χ4v) is 2.20. The van der Waals surface area contributed by atoms with Gasteiger partial charge in [-0.3, -0.25) is 4.99 Å². The molecule has 0 radical (unpaired) electrons. The summed E-state index contributed by atoms with van der Waals surface area (Å²) in [7, 11) is 0. The predicted molar refractivity (Wildman–Crippen MR) is 45.8 cm³/mol. The first kappa shape index (κ1) is 6.43. The Morgan fingerprint density at radius 1 is 1.60 bits per heavy atom. The van der Waals surface area contributed by atoms with Crippen molar-refractivity contribution < 1.29 is 0 Å². The molecule has 2 rings (SSSR count). The van der Waals surface area contributed by atoms with Crippen LogP contribution in [-0.4, -0.2) is 16.9 Å². The quantitative estimate of drug-likeness (QED) is 0.548. The van der Waals surface area contributed by atoms with Crippen LogP contribution in [0.25, 0.3) is 0 Å². The Kier molecular flexibility index (Phi) is 1.54. The van der Waals surface area contributed by atoms with Crippen LogP contribution in [0.3, 0.4) is 0 Å². The minimum absolute atomic E-state index is 0.233. The number of hydrogen-bond donors (Lipinski definition) is 0. The molecule has 2 aliphatic heterocycles. The van der Waals surface area contributed by atoms with Crippen LogP contribution in [0.5, 0.6) is 0 Å². The summed E-state index contributed by atoms with van der Waals surface area (Å²) in [5, 5.41) is 2.93. The van der Waals surface area contributed by atoms with Gasteiger partial charge in [-0.1, -0.05) is 17.7 Å². The molecule has 0 aromatic carbocycles. The molecule has 52 valence electrons. The summed E-state index contributed by atoms with van der Waals surface area (Å²) >= 11 is 7.50. The van der Waals surface area contributed by atoms with Gasteiger partial charge in [0.25, 0.3) is 0 Å². The summed E-state index contributed by atoms with van der Waals surface area (Å²) in [6, 6.07) is 0. The number of rotatable bonds is 0. The molecule has 10 heavy (non-hydrogen) atoms. The predicted octanol–water partition coefficient (Wildman–Crippen LogP) is 1.87. The highest BCUT2D eigenvalue weighted by atomic mass is 35.5. The van der Waals surface area contributed by atoms with E-state index in [-0.39, 0.29) is 11.3 Å². The molecule has 0 aliphatic carbocycles. The van der Waals surface area contributed by atoms with Crippen molar-refractivity contribution in [2.75, 3.05) is 0 Å². The second-order valence-electron chi connectivity index (χ2n) is 2.10. The highest BCUT2D eigenvalue weighted by Crippen LogP contribution is 2.33. The number of fused-ring (bicyclic) bond motifs is 1. The largest absolute Gasteiger partial charge is 0.258 e. The molecule has 0 N–H and O–H groups in total. The van der Waals surface area contributed by atoms with Gasteiger partial charge in [0.2, 0.25) is 0 Å². The van der Waals surface area contributed by atoms with E-state index in [1.54, 1.807) is 11.8 Å². The Balaban J connectivity index is 2.30. The van der Waals surface area contributed by atoms with E-state index >= 15 is 0 Å². The summed E-state index contributed by atoms with van der Waals surface area (Å²) in [5.41, 5.74) is 0. The van der Waals surface area contributed by atoms with E-state index in [1.165, 1.54) is 6.34 Å². The SMILES string of the molecule is ClC1=NC=NC2SC=CC12. The summed E-state index contributed by atoms with van der Waals surface area (Å²) in [6.07, 6.45) is 3.57. The van der Waals surface area contributed by atoms with Crippen molar-refractivity contribution in [3.8, 4) is 0 Å². The Morgan fingerprint density at radius 3 is 3.30 bits per heavy atom. The number of halogens is 1. The fourth-order valence-electron chi connectivity index (χ4n) is 0.955. The minimum Gasteiger partial charge on any atom is -0.258 e. The van der Waals surface area contributed by atoms with Crippen LogP contribution in [0.15, 0.2) is 21.5 Å². The van der Waals surface area contributed by atoms with E-state index in [0.29, 0.717) is 5.17 Å². The third-order valence-electron chi connectivity index (χ3n) is 1.48. The van der Waals surface area contributed by atoms with Crippen molar-refractivity contribution in [3.63, 3.8) is 0 Å². The topological polar surface area (TPSA) is 24.7 Å². The maximum atomic E-state index is 5.81. The van der Waals surface area contributed by atoms with Gasteiger partial charge >= 0.3 is 0 Å². The number of thioether (sulfide) groups is 1. The van der Waals surface area contributed by atoms with Gasteiger partial charge in [-0.15, -0.1) is 11.8 Å². The van der Waals surface area contributed by atoms with Crippen LogP contribution in [0.1, 0.15) is 0 Å². The molecular weight excluding hydrogens is 168 g/mol. The normalized spacial score (nSPS) is 35.9. The van der Waals surface area contributed by atoms with Gasteiger partial charge in [0, 0.05) is 0 Å². The average Bonchev–Trinajstić information content (AvgIpc) is 2.36. The van der Waals surface area contributed by atoms with Gasteiger partial charge in [-0.2, -0.15) is 0 Å². The lowest BCUT2D eigenvalue weighted by molar-refractivity contribution is 0.822. The van der Waals surface area contributed by atoms with Crippen molar-refractivity contribution in [3.05, 3.63) is 11.5 Å². The first-order chi connectivity index (χ1) is 4.88. The molecule has 0 saturated carbocycles. The summed E-state index contributed by atoms with van der Waals surface area (Å²) in [5.74, 6) is 0.233. The van der Waals surface area contributed by atoms with Crippen LogP contribution >= 0.6 is 23.4 Å². The fraction of sp³-hybridized carbons (Fsp3) is 0.333. The van der Waals surface area contributed by atoms with Crippen LogP contribution < -0.4 is 0 Å².